The molecule has 2 amide bonds. The Kier molecular flexibility index (Phi) is 6.97. The van der Waals surface area contributed by atoms with Crippen molar-refractivity contribution in [2.45, 2.75) is 37.1 Å². The number of amides is 2. The Hall–Kier alpha value is -2.91. The van der Waals surface area contributed by atoms with Gasteiger partial charge in [-0.3, -0.25) is 4.79 Å². The van der Waals surface area contributed by atoms with E-state index in [4.69, 9.17) is 9.88 Å². The molecular weight excluding hydrogens is 418 g/mol. The molecule has 1 aliphatic carbocycles. The van der Waals surface area contributed by atoms with Crippen LogP contribution in [-0.2, 0) is 14.8 Å². The minimum absolute atomic E-state index is 0.0298. The molecule has 8 nitrogen and oxygen atoms in total. The van der Waals surface area contributed by atoms with Crippen molar-refractivity contribution in [2.75, 3.05) is 13.6 Å². The number of rotatable bonds is 6. The molecule has 9 heteroatoms. The number of nitrogens with zero attached hydrogens (tertiary/aromatic N) is 1. The van der Waals surface area contributed by atoms with E-state index in [1.165, 1.54) is 11.0 Å². The minimum Gasteiger partial charge on any atom is -0.410 e. The van der Waals surface area contributed by atoms with E-state index in [0.29, 0.717) is 29.8 Å². The molecule has 166 valence electrons. The molecule has 0 unspecified atom stereocenters. The van der Waals surface area contributed by atoms with Crippen LogP contribution in [-0.4, -0.2) is 45.0 Å². The summed E-state index contributed by atoms with van der Waals surface area (Å²) in [5.41, 5.74) is 1.11. The van der Waals surface area contributed by atoms with Gasteiger partial charge in [0.25, 0.3) is 0 Å². The van der Waals surface area contributed by atoms with Gasteiger partial charge in [-0.2, -0.15) is 0 Å². The summed E-state index contributed by atoms with van der Waals surface area (Å²) in [5.74, 6) is 0.285. The SMILES string of the molecule is CCNC(=O)[C@H]1CC[C@@H](N(C)C(=O)Oc2ccc(-c3ccccc3S(N)(=O)=O)cc2)C1. The monoisotopic (exact) mass is 445 g/mol. The largest absolute Gasteiger partial charge is 0.415 e. The van der Waals surface area contributed by atoms with Crippen LogP contribution in [0.1, 0.15) is 26.2 Å². The Balaban J connectivity index is 1.66. The Labute approximate surface area is 182 Å². The van der Waals surface area contributed by atoms with Crippen LogP contribution in [0.25, 0.3) is 11.1 Å². The number of carbonyl (C=O) groups excluding carboxylic acids is 2. The van der Waals surface area contributed by atoms with Gasteiger partial charge in [0.1, 0.15) is 5.75 Å². The number of nitrogens with two attached hydrogens (primary N) is 1. The molecule has 2 aromatic rings. The molecule has 1 fully saturated rings. The van der Waals surface area contributed by atoms with Gasteiger partial charge >= 0.3 is 6.09 Å². The van der Waals surface area contributed by atoms with E-state index in [1.807, 2.05) is 6.92 Å². The van der Waals surface area contributed by atoms with Crippen LogP contribution >= 0.6 is 0 Å². The van der Waals surface area contributed by atoms with Crippen LogP contribution in [0.5, 0.6) is 5.75 Å². The summed E-state index contributed by atoms with van der Waals surface area (Å²) in [6.45, 7) is 2.47. The number of hydrogen-bond acceptors (Lipinski definition) is 5. The lowest BCUT2D eigenvalue weighted by Crippen LogP contribution is -2.38. The first-order valence-corrected chi connectivity index (χ1v) is 11.7. The summed E-state index contributed by atoms with van der Waals surface area (Å²) in [6.07, 6.45) is 1.60. The number of hydrogen-bond donors (Lipinski definition) is 2. The number of primary sulfonamides is 1. The highest BCUT2D eigenvalue weighted by Crippen LogP contribution is 2.30. The number of sulfonamides is 1. The molecule has 2 aromatic carbocycles. The van der Waals surface area contributed by atoms with Crippen molar-refractivity contribution >= 4 is 22.0 Å². The molecule has 1 saturated carbocycles. The van der Waals surface area contributed by atoms with E-state index in [2.05, 4.69) is 5.32 Å². The lowest BCUT2D eigenvalue weighted by Gasteiger charge is -2.24. The molecular formula is C22H27N3O5S. The van der Waals surface area contributed by atoms with Gasteiger partial charge in [-0.1, -0.05) is 30.3 Å². The predicted octanol–water partition coefficient (Wildman–Crippen LogP) is 2.74. The van der Waals surface area contributed by atoms with Crippen molar-refractivity contribution in [3.63, 3.8) is 0 Å². The van der Waals surface area contributed by atoms with Crippen molar-refractivity contribution < 1.29 is 22.7 Å². The van der Waals surface area contributed by atoms with Gasteiger partial charge in [-0.15, -0.1) is 0 Å². The van der Waals surface area contributed by atoms with Gasteiger partial charge < -0.3 is 15.0 Å². The first kappa shape index (κ1) is 22.8. The summed E-state index contributed by atoms with van der Waals surface area (Å²) < 4.78 is 29.1. The number of benzene rings is 2. The van der Waals surface area contributed by atoms with Crippen LogP contribution < -0.4 is 15.2 Å². The van der Waals surface area contributed by atoms with Gasteiger partial charge in [-0.25, -0.2) is 18.4 Å². The highest BCUT2D eigenvalue weighted by Gasteiger charge is 2.34. The molecule has 31 heavy (non-hydrogen) atoms. The summed E-state index contributed by atoms with van der Waals surface area (Å²) in [7, 11) is -2.20. The van der Waals surface area contributed by atoms with E-state index in [-0.39, 0.29) is 22.8 Å². The molecule has 0 heterocycles. The molecule has 3 N–H and O–H groups in total. The summed E-state index contributed by atoms with van der Waals surface area (Å²) in [5, 5.41) is 8.13. The highest BCUT2D eigenvalue weighted by atomic mass is 32.2. The Morgan fingerprint density at radius 3 is 2.45 bits per heavy atom. The topological polar surface area (TPSA) is 119 Å². The van der Waals surface area contributed by atoms with Crippen molar-refractivity contribution in [2.24, 2.45) is 11.1 Å². The second-order valence-corrected chi connectivity index (χ2v) is 9.13. The van der Waals surface area contributed by atoms with E-state index in [0.717, 1.165) is 12.8 Å². The van der Waals surface area contributed by atoms with Gasteiger partial charge in [0.15, 0.2) is 0 Å². The zero-order valence-corrected chi connectivity index (χ0v) is 18.4. The van der Waals surface area contributed by atoms with Crippen molar-refractivity contribution in [3.8, 4) is 16.9 Å². The zero-order chi connectivity index (χ0) is 22.6. The second-order valence-electron chi connectivity index (χ2n) is 7.60. The van der Waals surface area contributed by atoms with Crippen molar-refractivity contribution in [1.82, 2.24) is 10.2 Å². The third-order valence-corrected chi connectivity index (χ3v) is 6.50. The van der Waals surface area contributed by atoms with Gasteiger partial charge in [0, 0.05) is 31.1 Å². The Morgan fingerprint density at radius 1 is 1.13 bits per heavy atom. The molecule has 0 saturated heterocycles. The van der Waals surface area contributed by atoms with Crippen LogP contribution in [0.2, 0.25) is 0 Å². The third kappa shape index (κ3) is 5.42. The Morgan fingerprint density at radius 2 is 1.81 bits per heavy atom. The van der Waals surface area contributed by atoms with Crippen molar-refractivity contribution in [3.05, 3.63) is 48.5 Å². The third-order valence-electron chi connectivity index (χ3n) is 5.53. The second kappa shape index (κ2) is 9.49. The van der Waals surface area contributed by atoms with Crippen LogP contribution in [0.3, 0.4) is 0 Å². The van der Waals surface area contributed by atoms with E-state index >= 15 is 0 Å². The smallest absolute Gasteiger partial charge is 0.410 e. The number of nitrogens with one attached hydrogen (secondary N) is 1. The minimum atomic E-state index is -3.87. The maximum absolute atomic E-state index is 12.5. The fraction of sp³-hybridized carbons (Fsp3) is 0.364. The first-order chi connectivity index (χ1) is 14.7. The quantitative estimate of drug-likeness (QED) is 0.709. The zero-order valence-electron chi connectivity index (χ0n) is 17.6. The van der Waals surface area contributed by atoms with Crippen molar-refractivity contribution in [1.29, 1.82) is 0 Å². The first-order valence-electron chi connectivity index (χ1n) is 10.1. The number of carbonyl (C=O) groups is 2. The standard InChI is InChI=1S/C22H27N3O5S/c1-3-24-21(26)16-8-11-17(14-16)25(2)22(27)30-18-12-9-15(10-13-18)19-6-4-5-7-20(19)31(23,28)29/h4-7,9-10,12-13,16-17H,3,8,11,14H2,1-2H3,(H,24,26)(H2,23,28,29)/t16-,17+/m0/s1. The lowest BCUT2D eigenvalue weighted by atomic mass is 10.1. The summed E-state index contributed by atoms with van der Waals surface area (Å²) >= 11 is 0. The van der Waals surface area contributed by atoms with E-state index < -0.39 is 16.1 Å². The number of ether oxygens (including phenoxy) is 1. The molecule has 0 aliphatic heterocycles. The molecule has 1 aliphatic rings. The Bertz CT molecular complexity index is 1050. The molecule has 0 spiro atoms. The summed E-state index contributed by atoms with van der Waals surface area (Å²) in [6, 6.07) is 12.9. The van der Waals surface area contributed by atoms with Crippen LogP contribution in [0, 0.1) is 5.92 Å². The van der Waals surface area contributed by atoms with Crippen LogP contribution in [0.15, 0.2) is 53.4 Å². The predicted molar refractivity (Wildman–Crippen MR) is 117 cm³/mol. The molecule has 0 radical (unpaired) electrons. The summed E-state index contributed by atoms with van der Waals surface area (Å²) in [4.78, 5) is 26.1. The molecule has 0 bridgehead atoms. The van der Waals surface area contributed by atoms with E-state index in [1.54, 1.807) is 49.5 Å². The average molecular weight is 446 g/mol. The maximum Gasteiger partial charge on any atom is 0.415 e. The van der Waals surface area contributed by atoms with Gasteiger partial charge in [-0.05, 0) is 49.9 Å². The lowest BCUT2D eigenvalue weighted by molar-refractivity contribution is -0.124. The van der Waals surface area contributed by atoms with Crippen LogP contribution in [0.4, 0.5) is 4.79 Å². The maximum atomic E-state index is 12.5. The molecule has 0 aromatic heterocycles. The normalized spacial score (nSPS) is 18.4. The fourth-order valence-corrected chi connectivity index (χ4v) is 4.60. The highest BCUT2D eigenvalue weighted by molar-refractivity contribution is 7.89. The van der Waals surface area contributed by atoms with E-state index in [9.17, 15) is 18.0 Å². The van der Waals surface area contributed by atoms with Gasteiger partial charge in [0.05, 0.1) is 4.90 Å². The molecule has 3 rings (SSSR count). The molecule has 2 atom stereocenters. The van der Waals surface area contributed by atoms with Gasteiger partial charge in [0.2, 0.25) is 15.9 Å². The fourth-order valence-electron chi connectivity index (χ4n) is 3.84. The average Bonchev–Trinajstić information content (AvgIpc) is 3.24.